The highest BCUT2D eigenvalue weighted by atomic mass is 35.5. The van der Waals surface area contributed by atoms with E-state index < -0.39 is 0 Å². The smallest absolute Gasteiger partial charge is 0.223 e. The maximum atomic E-state index is 12.2. The molecule has 0 saturated heterocycles. The average Bonchev–Trinajstić information content (AvgIpc) is 2.50. The molecule has 2 saturated carbocycles. The van der Waals surface area contributed by atoms with E-state index in [0.29, 0.717) is 11.8 Å². The summed E-state index contributed by atoms with van der Waals surface area (Å²) >= 11 is 5.65. The summed E-state index contributed by atoms with van der Waals surface area (Å²) in [5.41, 5.74) is 0. The van der Waals surface area contributed by atoms with E-state index in [4.69, 9.17) is 11.6 Å². The minimum atomic E-state index is 0.303. The molecule has 0 spiro atoms. The van der Waals surface area contributed by atoms with Crippen LogP contribution in [0.15, 0.2) is 0 Å². The molecule has 116 valence electrons. The van der Waals surface area contributed by atoms with Gasteiger partial charge in [-0.05, 0) is 43.9 Å². The number of amides is 1. The molecule has 3 unspecified atom stereocenters. The first-order valence-electron chi connectivity index (χ1n) is 8.65. The van der Waals surface area contributed by atoms with Gasteiger partial charge in [-0.25, -0.2) is 0 Å². The lowest BCUT2D eigenvalue weighted by Gasteiger charge is -2.38. The first-order chi connectivity index (χ1) is 9.81. The number of rotatable bonds is 7. The number of hydrogen-bond acceptors (Lipinski definition) is 1. The van der Waals surface area contributed by atoms with Crippen molar-refractivity contribution in [2.75, 3.05) is 12.4 Å². The molecule has 0 aliphatic heterocycles. The van der Waals surface area contributed by atoms with Gasteiger partial charge in [-0.15, -0.1) is 11.6 Å². The number of nitrogens with one attached hydrogen (secondary N) is 1. The van der Waals surface area contributed by atoms with E-state index in [1.54, 1.807) is 0 Å². The van der Waals surface area contributed by atoms with Gasteiger partial charge in [0.1, 0.15) is 0 Å². The van der Waals surface area contributed by atoms with Crippen LogP contribution < -0.4 is 5.32 Å². The molecule has 3 atom stereocenters. The van der Waals surface area contributed by atoms with Crippen LogP contribution in [-0.4, -0.2) is 18.3 Å². The van der Waals surface area contributed by atoms with Gasteiger partial charge in [-0.2, -0.15) is 0 Å². The van der Waals surface area contributed by atoms with Crippen LogP contribution >= 0.6 is 11.6 Å². The summed E-state index contributed by atoms with van der Waals surface area (Å²) in [6, 6.07) is 0. The largest absolute Gasteiger partial charge is 0.356 e. The fraction of sp³-hybridized carbons (Fsp3) is 0.941. The quantitative estimate of drug-likeness (QED) is 0.544. The third-order valence-corrected chi connectivity index (χ3v) is 5.54. The fourth-order valence-electron chi connectivity index (χ4n) is 4.04. The zero-order valence-electron chi connectivity index (χ0n) is 12.7. The van der Waals surface area contributed by atoms with Gasteiger partial charge in [0.15, 0.2) is 0 Å². The van der Waals surface area contributed by atoms with E-state index in [-0.39, 0.29) is 0 Å². The molecule has 0 aromatic heterocycles. The number of carbonyl (C=O) groups excluding carboxylic acids is 1. The third kappa shape index (κ3) is 4.95. The number of alkyl halides is 1. The molecule has 20 heavy (non-hydrogen) atoms. The Kier molecular flexibility index (Phi) is 7.19. The highest BCUT2D eigenvalue weighted by Gasteiger charge is 2.34. The number of carbonyl (C=O) groups is 1. The van der Waals surface area contributed by atoms with Crippen LogP contribution in [0.3, 0.4) is 0 Å². The van der Waals surface area contributed by atoms with E-state index >= 15 is 0 Å². The normalized spacial score (nSPS) is 29.8. The maximum Gasteiger partial charge on any atom is 0.223 e. The predicted octanol–water partition coefficient (Wildman–Crippen LogP) is 4.51. The minimum absolute atomic E-state index is 0.303. The van der Waals surface area contributed by atoms with Gasteiger partial charge in [0.05, 0.1) is 0 Å². The Labute approximate surface area is 129 Å². The molecule has 0 aromatic rings. The lowest BCUT2D eigenvalue weighted by Crippen LogP contribution is -2.37. The van der Waals surface area contributed by atoms with Crippen molar-refractivity contribution in [2.45, 2.75) is 70.6 Å². The van der Waals surface area contributed by atoms with Crippen molar-refractivity contribution in [1.29, 1.82) is 0 Å². The molecule has 0 heterocycles. The molecule has 0 aromatic carbocycles. The molecule has 1 amide bonds. The first kappa shape index (κ1) is 16.1. The van der Waals surface area contributed by atoms with E-state index in [1.807, 2.05) is 0 Å². The van der Waals surface area contributed by atoms with Gasteiger partial charge in [-0.1, -0.05) is 38.5 Å². The van der Waals surface area contributed by atoms with E-state index in [1.165, 1.54) is 44.9 Å². The molecule has 1 N–H and O–H groups in total. The SMILES string of the molecule is O=C(NCCCCCCCl)C1CCC2CCCCC2C1. The van der Waals surface area contributed by atoms with Crippen molar-refractivity contribution in [3.05, 3.63) is 0 Å². The monoisotopic (exact) mass is 299 g/mol. The van der Waals surface area contributed by atoms with Crippen molar-refractivity contribution in [3.63, 3.8) is 0 Å². The summed E-state index contributed by atoms with van der Waals surface area (Å²) in [5.74, 6) is 3.17. The summed E-state index contributed by atoms with van der Waals surface area (Å²) in [4.78, 5) is 12.2. The van der Waals surface area contributed by atoms with Crippen molar-refractivity contribution >= 4 is 17.5 Å². The Hall–Kier alpha value is -0.240. The average molecular weight is 300 g/mol. The molecule has 0 radical (unpaired) electrons. The number of fused-ring (bicyclic) bond motifs is 1. The summed E-state index contributed by atoms with van der Waals surface area (Å²) in [6.45, 7) is 0.853. The molecule has 3 heteroatoms. The molecule has 2 fully saturated rings. The number of hydrogen-bond donors (Lipinski definition) is 1. The summed E-state index contributed by atoms with van der Waals surface area (Å²) in [5, 5.41) is 3.15. The zero-order chi connectivity index (χ0) is 14.2. The van der Waals surface area contributed by atoms with Crippen molar-refractivity contribution in [2.24, 2.45) is 17.8 Å². The van der Waals surface area contributed by atoms with E-state index in [2.05, 4.69) is 5.32 Å². The Morgan fingerprint density at radius 2 is 1.70 bits per heavy atom. The number of halogens is 1. The van der Waals surface area contributed by atoms with Gasteiger partial charge in [0, 0.05) is 18.3 Å². The Morgan fingerprint density at radius 1 is 0.950 bits per heavy atom. The molecule has 0 bridgehead atoms. The topological polar surface area (TPSA) is 29.1 Å². The van der Waals surface area contributed by atoms with Gasteiger partial charge < -0.3 is 5.32 Å². The first-order valence-corrected chi connectivity index (χ1v) is 9.18. The standard InChI is InChI=1S/C17H30ClNO/c18-11-5-1-2-6-12-19-17(20)16-10-9-14-7-3-4-8-15(14)13-16/h14-16H,1-13H2,(H,19,20). The second kappa shape index (κ2) is 8.92. The summed E-state index contributed by atoms with van der Waals surface area (Å²) in [6.07, 6.45) is 13.7. The summed E-state index contributed by atoms with van der Waals surface area (Å²) < 4.78 is 0. The Bertz CT molecular complexity index is 295. The third-order valence-electron chi connectivity index (χ3n) is 5.27. The maximum absolute atomic E-state index is 12.2. The van der Waals surface area contributed by atoms with Crippen molar-refractivity contribution < 1.29 is 4.79 Å². The highest BCUT2D eigenvalue weighted by molar-refractivity contribution is 6.17. The number of unbranched alkanes of at least 4 members (excludes halogenated alkanes) is 3. The molecule has 2 rings (SSSR count). The second-order valence-corrected chi connectivity index (χ2v) is 7.09. The van der Waals surface area contributed by atoms with Crippen molar-refractivity contribution in [1.82, 2.24) is 5.32 Å². The lowest BCUT2D eigenvalue weighted by molar-refractivity contribution is -0.127. The van der Waals surface area contributed by atoms with Gasteiger partial charge >= 0.3 is 0 Å². The molecular formula is C17H30ClNO. The van der Waals surface area contributed by atoms with Crippen LogP contribution in [0.5, 0.6) is 0 Å². The summed E-state index contributed by atoms with van der Waals surface area (Å²) in [7, 11) is 0. The van der Waals surface area contributed by atoms with Gasteiger partial charge in [-0.3, -0.25) is 4.79 Å². The van der Waals surface area contributed by atoms with E-state index in [0.717, 1.165) is 49.9 Å². The van der Waals surface area contributed by atoms with Crippen LogP contribution in [0, 0.1) is 17.8 Å². The zero-order valence-corrected chi connectivity index (χ0v) is 13.5. The van der Waals surface area contributed by atoms with Crippen LogP contribution in [-0.2, 0) is 4.79 Å². The van der Waals surface area contributed by atoms with E-state index in [9.17, 15) is 4.79 Å². The Morgan fingerprint density at radius 3 is 2.50 bits per heavy atom. The minimum Gasteiger partial charge on any atom is -0.356 e. The van der Waals surface area contributed by atoms with Crippen LogP contribution in [0.4, 0.5) is 0 Å². The molecule has 2 aliphatic carbocycles. The lowest BCUT2D eigenvalue weighted by atomic mass is 9.67. The molecule has 2 aliphatic rings. The fourth-order valence-corrected chi connectivity index (χ4v) is 4.23. The van der Waals surface area contributed by atoms with Crippen LogP contribution in [0.2, 0.25) is 0 Å². The van der Waals surface area contributed by atoms with Crippen LogP contribution in [0.25, 0.3) is 0 Å². The molecule has 2 nitrogen and oxygen atoms in total. The van der Waals surface area contributed by atoms with Gasteiger partial charge in [0.2, 0.25) is 5.91 Å². The van der Waals surface area contributed by atoms with Crippen LogP contribution in [0.1, 0.15) is 70.6 Å². The molecular weight excluding hydrogens is 270 g/mol. The Balaban J connectivity index is 1.60. The van der Waals surface area contributed by atoms with Crippen molar-refractivity contribution in [3.8, 4) is 0 Å². The predicted molar refractivity (Wildman–Crippen MR) is 85.0 cm³/mol. The second-order valence-electron chi connectivity index (χ2n) is 6.71. The van der Waals surface area contributed by atoms with Gasteiger partial charge in [0.25, 0.3) is 0 Å². The highest BCUT2D eigenvalue weighted by Crippen LogP contribution is 2.42.